The minimum Gasteiger partial charge on any atom is -0.495 e. The number of thiophene rings is 1. The molecule has 33 heavy (non-hydrogen) atoms. The van der Waals surface area contributed by atoms with Crippen molar-refractivity contribution in [2.24, 2.45) is 0 Å². The van der Waals surface area contributed by atoms with E-state index in [0.29, 0.717) is 22.9 Å². The van der Waals surface area contributed by atoms with Gasteiger partial charge in [-0.3, -0.25) is 0 Å². The van der Waals surface area contributed by atoms with Gasteiger partial charge in [0.1, 0.15) is 22.2 Å². The SMILES string of the molecule is CCc1cc2c(NCc3ccc(OC)c(Cl)c3)nc(C3CCC(=C(C)C(=O)O)CC3)nc2s1. The highest BCUT2D eigenvalue weighted by molar-refractivity contribution is 7.18. The first-order chi connectivity index (χ1) is 15.9. The molecule has 0 bridgehead atoms. The van der Waals surface area contributed by atoms with Crippen LogP contribution in [-0.4, -0.2) is 28.2 Å². The molecular formula is C25H28ClN3O3S. The maximum absolute atomic E-state index is 11.3. The molecule has 0 atom stereocenters. The Morgan fingerprint density at radius 3 is 2.67 bits per heavy atom. The number of carboxylic acids is 1. The number of nitrogens with zero attached hydrogens (tertiary/aromatic N) is 2. The van der Waals surface area contributed by atoms with Gasteiger partial charge in [0.05, 0.1) is 17.5 Å². The Kier molecular flexibility index (Phi) is 7.20. The van der Waals surface area contributed by atoms with Gasteiger partial charge in [-0.05, 0) is 62.8 Å². The van der Waals surface area contributed by atoms with Crippen molar-refractivity contribution in [3.63, 3.8) is 0 Å². The standard InChI is InChI=1S/C25H28ClN3O3S/c1-4-18-12-19-23(27-13-15-5-10-21(32-3)20(26)11-15)28-22(29-24(19)33-18)17-8-6-16(7-9-17)14(2)25(30)31/h5,10-12,17H,4,6-9,13H2,1-3H3,(H,30,31)(H,27,28,29). The summed E-state index contributed by atoms with van der Waals surface area (Å²) in [6.07, 6.45) is 4.25. The van der Waals surface area contributed by atoms with Crippen LogP contribution in [0.25, 0.3) is 10.2 Å². The number of halogens is 1. The number of hydrogen-bond donors (Lipinski definition) is 2. The third-order valence-corrected chi connectivity index (χ3v) is 7.76. The average Bonchev–Trinajstić information content (AvgIpc) is 3.25. The van der Waals surface area contributed by atoms with Gasteiger partial charge < -0.3 is 15.2 Å². The quantitative estimate of drug-likeness (QED) is 0.367. The average molecular weight is 486 g/mol. The number of fused-ring (bicyclic) bond motifs is 1. The van der Waals surface area contributed by atoms with Crippen LogP contribution >= 0.6 is 22.9 Å². The number of aliphatic carboxylic acids is 1. The Balaban J connectivity index is 1.60. The van der Waals surface area contributed by atoms with Crippen molar-refractivity contribution in [2.45, 2.75) is 58.4 Å². The predicted octanol–water partition coefficient (Wildman–Crippen LogP) is 6.59. The minimum atomic E-state index is -0.822. The van der Waals surface area contributed by atoms with Crippen molar-refractivity contribution < 1.29 is 14.6 Å². The fraction of sp³-hybridized carbons (Fsp3) is 0.400. The van der Waals surface area contributed by atoms with Gasteiger partial charge in [-0.15, -0.1) is 11.3 Å². The van der Waals surface area contributed by atoms with E-state index in [0.717, 1.165) is 65.1 Å². The van der Waals surface area contributed by atoms with Crippen molar-refractivity contribution in [2.75, 3.05) is 12.4 Å². The molecule has 174 valence electrons. The molecule has 2 heterocycles. The summed E-state index contributed by atoms with van der Waals surface area (Å²) in [5, 5.41) is 14.4. The Hall–Kier alpha value is -2.64. The Morgan fingerprint density at radius 2 is 2.03 bits per heavy atom. The molecule has 0 unspecified atom stereocenters. The summed E-state index contributed by atoms with van der Waals surface area (Å²) in [4.78, 5) is 23.4. The summed E-state index contributed by atoms with van der Waals surface area (Å²) in [7, 11) is 1.60. The highest BCUT2D eigenvalue weighted by atomic mass is 35.5. The molecule has 0 radical (unpaired) electrons. The minimum absolute atomic E-state index is 0.225. The molecule has 0 spiro atoms. The highest BCUT2D eigenvalue weighted by Crippen LogP contribution is 2.38. The number of methoxy groups -OCH3 is 1. The fourth-order valence-corrected chi connectivity index (χ4v) is 5.49. The molecule has 1 aliphatic rings. The van der Waals surface area contributed by atoms with Crippen LogP contribution in [0.2, 0.25) is 5.02 Å². The molecule has 0 amide bonds. The van der Waals surface area contributed by atoms with Crippen molar-refractivity contribution in [3.8, 4) is 5.75 Å². The fourth-order valence-electron chi connectivity index (χ4n) is 4.24. The summed E-state index contributed by atoms with van der Waals surface area (Å²) < 4.78 is 5.25. The van der Waals surface area contributed by atoms with Gasteiger partial charge >= 0.3 is 5.97 Å². The molecule has 0 saturated heterocycles. The number of allylic oxidation sites excluding steroid dienone is 1. The number of nitrogens with one attached hydrogen (secondary N) is 1. The number of aryl methyl sites for hydroxylation is 1. The second-order valence-corrected chi connectivity index (χ2v) is 9.87. The molecule has 1 aliphatic carbocycles. The lowest BCUT2D eigenvalue weighted by Gasteiger charge is -2.24. The number of hydrogen-bond acceptors (Lipinski definition) is 6. The number of rotatable bonds is 7. The first-order valence-electron chi connectivity index (χ1n) is 11.2. The van der Waals surface area contributed by atoms with E-state index in [2.05, 4.69) is 18.3 Å². The first-order valence-corrected chi connectivity index (χ1v) is 12.4. The van der Waals surface area contributed by atoms with Crippen LogP contribution in [0.5, 0.6) is 5.75 Å². The molecule has 1 saturated carbocycles. The highest BCUT2D eigenvalue weighted by Gasteiger charge is 2.24. The third-order valence-electron chi connectivity index (χ3n) is 6.29. The molecule has 8 heteroatoms. The van der Waals surface area contributed by atoms with Crippen molar-refractivity contribution >= 4 is 44.9 Å². The number of anilines is 1. The van der Waals surface area contributed by atoms with Gasteiger partial charge in [-0.1, -0.05) is 30.2 Å². The molecule has 4 rings (SSSR count). The lowest BCUT2D eigenvalue weighted by atomic mass is 9.83. The van der Waals surface area contributed by atoms with Gasteiger partial charge in [-0.25, -0.2) is 14.8 Å². The van der Waals surface area contributed by atoms with Gasteiger partial charge in [-0.2, -0.15) is 0 Å². The number of carbonyl (C=O) groups is 1. The van der Waals surface area contributed by atoms with E-state index in [1.165, 1.54) is 4.88 Å². The third kappa shape index (κ3) is 5.14. The summed E-state index contributed by atoms with van der Waals surface area (Å²) in [6.45, 7) is 4.43. The van der Waals surface area contributed by atoms with E-state index in [9.17, 15) is 9.90 Å². The van der Waals surface area contributed by atoms with E-state index in [-0.39, 0.29) is 5.92 Å². The van der Waals surface area contributed by atoms with Crippen LogP contribution in [0.4, 0.5) is 5.82 Å². The smallest absolute Gasteiger partial charge is 0.331 e. The summed E-state index contributed by atoms with van der Waals surface area (Å²) in [6, 6.07) is 7.93. The maximum Gasteiger partial charge on any atom is 0.331 e. The van der Waals surface area contributed by atoms with Crippen LogP contribution in [-0.2, 0) is 17.8 Å². The number of aromatic nitrogens is 2. The Morgan fingerprint density at radius 1 is 1.27 bits per heavy atom. The van der Waals surface area contributed by atoms with Crippen molar-refractivity contribution in [1.82, 2.24) is 9.97 Å². The van der Waals surface area contributed by atoms with Gasteiger partial charge in [0.25, 0.3) is 0 Å². The van der Waals surface area contributed by atoms with E-state index >= 15 is 0 Å². The topological polar surface area (TPSA) is 84.3 Å². The van der Waals surface area contributed by atoms with Crippen LogP contribution in [0.15, 0.2) is 35.4 Å². The van der Waals surface area contributed by atoms with E-state index in [4.69, 9.17) is 26.3 Å². The van der Waals surface area contributed by atoms with Gasteiger partial charge in [0.2, 0.25) is 0 Å². The Labute approximate surface area is 202 Å². The van der Waals surface area contributed by atoms with Gasteiger partial charge in [0.15, 0.2) is 0 Å². The van der Waals surface area contributed by atoms with Crippen molar-refractivity contribution in [3.05, 3.63) is 56.7 Å². The van der Waals surface area contributed by atoms with Crippen LogP contribution in [0.1, 0.15) is 61.7 Å². The number of benzene rings is 1. The summed E-state index contributed by atoms with van der Waals surface area (Å²) in [5.74, 6) is 1.73. The summed E-state index contributed by atoms with van der Waals surface area (Å²) >= 11 is 8.00. The van der Waals surface area contributed by atoms with E-state index < -0.39 is 5.97 Å². The molecule has 2 N–H and O–H groups in total. The van der Waals surface area contributed by atoms with Gasteiger partial charge in [0, 0.05) is 22.9 Å². The first kappa shape index (κ1) is 23.5. The zero-order valence-corrected chi connectivity index (χ0v) is 20.6. The zero-order chi connectivity index (χ0) is 23.5. The lowest BCUT2D eigenvalue weighted by molar-refractivity contribution is -0.132. The second-order valence-electron chi connectivity index (χ2n) is 8.35. The van der Waals surface area contributed by atoms with Crippen LogP contribution in [0, 0.1) is 0 Å². The largest absolute Gasteiger partial charge is 0.495 e. The molecular weight excluding hydrogens is 458 g/mol. The Bertz CT molecular complexity index is 1210. The van der Waals surface area contributed by atoms with Crippen LogP contribution < -0.4 is 10.1 Å². The molecule has 6 nitrogen and oxygen atoms in total. The molecule has 3 aromatic rings. The predicted molar refractivity (Wildman–Crippen MR) is 134 cm³/mol. The van der Waals surface area contributed by atoms with E-state index in [1.54, 1.807) is 25.4 Å². The summed E-state index contributed by atoms with van der Waals surface area (Å²) in [5.41, 5.74) is 2.56. The second kappa shape index (κ2) is 10.1. The normalized spacial score (nSPS) is 16.1. The number of ether oxygens (including phenoxy) is 1. The molecule has 1 aromatic carbocycles. The monoisotopic (exact) mass is 485 g/mol. The van der Waals surface area contributed by atoms with Crippen LogP contribution in [0.3, 0.4) is 0 Å². The molecule has 2 aromatic heterocycles. The zero-order valence-electron chi connectivity index (χ0n) is 19.1. The van der Waals surface area contributed by atoms with Crippen molar-refractivity contribution in [1.29, 1.82) is 0 Å². The molecule has 1 fully saturated rings. The van der Waals surface area contributed by atoms with E-state index in [1.807, 2.05) is 18.2 Å². The maximum atomic E-state index is 11.3. The lowest BCUT2D eigenvalue weighted by Crippen LogP contribution is -2.14. The molecule has 0 aliphatic heterocycles. The number of carboxylic acid groups (broad SMARTS) is 1.